The smallest absolute Gasteiger partial charge is 0.300 e. The van der Waals surface area contributed by atoms with Crippen LogP contribution < -0.4 is 19.1 Å². The summed E-state index contributed by atoms with van der Waals surface area (Å²) in [7, 11) is 4.27. The highest BCUT2D eigenvalue weighted by atomic mass is 35.5. The molecule has 37 heavy (non-hydrogen) atoms. The van der Waals surface area contributed by atoms with Crippen LogP contribution in [-0.4, -0.2) is 38.1 Å². The summed E-state index contributed by atoms with van der Waals surface area (Å²) in [5.41, 5.74) is 2.70. The van der Waals surface area contributed by atoms with Gasteiger partial charge in [0.2, 0.25) is 0 Å². The van der Waals surface area contributed by atoms with Gasteiger partial charge in [-0.1, -0.05) is 47.5 Å². The van der Waals surface area contributed by atoms with E-state index in [1.54, 1.807) is 24.3 Å². The Labute approximate surface area is 224 Å². The maximum absolute atomic E-state index is 13.6. The van der Waals surface area contributed by atoms with Crippen molar-refractivity contribution in [1.82, 2.24) is 0 Å². The number of ketones is 1. The fourth-order valence-electron chi connectivity index (χ4n) is 4.48. The van der Waals surface area contributed by atoms with Crippen molar-refractivity contribution in [1.29, 1.82) is 0 Å². The van der Waals surface area contributed by atoms with E-state index in [-0.39, 0.29) is 32.7 Å². The first-order valence-electron chi connectivity index (χ1n) is 11.3. The lowest BCUT2D eigenvalue weighted by molar-refractivity contribution is -0.132. The van der Waals surface area contributed by atoms with Gasteiger partial charge < -0.3 is 19.3 Å². The molecule has 1 aliphatic heterocycles. The Morgan fingerprint density at radius 1 is 0.919 bits per heavy atom. The summed E-state index contributed by atoms with van der Waals surface area (Å²) in [6.07, 6.45) is 0. The molecule has 1 amide bonds. The second-order valence-electron chi connectivity index (χ2n) is 8.52. The Morgan fingerprint density at radius 3 is 2.27 bits per heavy atom. The molecule has 3 aromatic rings. The number of Topliss-reactive ketones (excluding diaryl/α,β-unsaturated/α-hetero) is 1. The molecule has 0 spiro atoms. The maximum atomic E-state index is 13.6. The number of carbonyl (C=O) groups is 2. The van der Waals surface area contributed by atoms with E-state index in [9.17, 15) is 14.7 Å². The number of hydrogen-bond acceptors (Lipinski definition) is 6. The molecule has 1 fully saturated rings. The second-order valence-corrected chi connectivity index (χ2v) is 9.31. The van der Waals surface area contributed by atoms with E-state index >= 15 is 0 Å². The lowest BCUT2D eigenvalue weighted by atomic mass is 9.94. The first-order valence-corrected chi connectivity index (χ1v) is 12.0. The lowest BCUT2D eigenvalue weighted by Crippen LogP contribution is -2.30. The van der Waals surface area contributed by atoms with E-state index in [0.29, 0.717) is 17.0 Å². The number of nitrogens with zero attached hydrogens (tertiary/aromatic N) is 1. The van der Waals surface area contributed by atoms with Crippen molar-refractivity contribution in [2.24, 2.45) is 0 Å². The van der Waals surface area contributed by atoms with Crippen LogP contribution in [0.25, 0.3) is 5.76 Å². The molecule has 1 aliphatic rings. The van der Waals surface area contributed by atoms with Crippen LogP contribution in [0.5, 0.6) is 17.2 Å². The summed E-state index contributed by atoms with van der Waals surface area (Å²) in [6, 6.07) is 13.0. The van der Waals surface area contributed by atoms with Gasteiger partial charge in [-0.2, -0.15) is 0 Å². The molecule has 0 saturated carbocycles. The van der Waals surface area contributed by atoms with Gasteiger partial charge in [-0.25, -0.2) is 0 Å². The average molecular weight is 542 g/mol. The van der Waals surface area contributed by atoms with Gasteiger partial charge in [0.05, 0.1) is 43.5 Å². The van der Waals surface area contributed by atoms with Gasteiger partial charge in [-0.3, -0.25) is 14.5 Å². The Hall–Kier alpha value is -3.68. The van der Waals surface area contributed by atoms with E-state index in [2.05, 4.69) is 0 Å². The molecule has 0 bridgehead atoms. The number of rotatable bonds is 6. The molecule has 192 valence electrons. The molecule has 9 heteroatoms. The van der Waals surface area contributed by atoms with Gasteiger partial charge in [0.1, 0.15) is 16.5 Å². The second kappa shape index (κ2) is 10.4. The highest BCUT2D eigenvalue weighted by molar-refractivity contribution is 6.52. The summed E-state index contributed by atoms with van der Waals surface area (Å²) in [5.74, 6) is -1.41. The average Bonchev–Trinajstić information content (AvgIpc) is 3.15. The van der Waals surface area contributed by atoms with Crippen molar-refractivity contribution in [2.75, 3.05) is 26.2 Å². The Morgan fingerprint density at radius 2 is 1.62 bits per heavy atom. The molecule has 1 N–H and O–H groups in total. The van der Waals surface area contributed by atoms with Crippen molar-refractivity contribution in [2.45, 2.75) is 19.9 Å². The molecule has 1 saturated heterocycles. The largest absolute Gasteiger partial charge is 0.507 e. The number of hydrogen-bond donors (Lipinski definition) is 1. The first kappa shape index (κ1) is 26.4. The van der Waals surface area contributed by atoms with Crippen molar-refractivity contribution in [3.05, 3.63) is 86.4 Å². The van der Waals surface area contributed by atoms with E-state index in [1.807, 2.05) is 32.0 Å². The molecule has 1 unspecified atom stereocenters. The fourth-order valence-corrected chi connectivity index (χ4v) is 5.17. The molecule has 4 rings (SSSR count). The molecular formula is C28H25Cl2NO6. The van der Waals surface area contributed by atoms with Crippen LogP contribution in [0.2, 0.25) is 10.0 Å². The third-order valence-electron chi connectivity index (χ3n) is 6.27. The van der Waals surface area contributed by atoms with Gasteiger partial charge in [-0.15, -0.1) is 0 Å². The monoisotopic (exact) mass is 541 g/mol. The van der Waals surface area contributed by atoms with Crippen LogP contribution in [0.15, 0.2) is 54.1 Å². The number of benzene rings is 3. The molecular weight excluding hydrogens is 517 g/mol. The molecule has 7 nitrogen and oxygen atoms in total. The lowest BCUT2D eigenvalue weighted by Gasteiger charge is -2.27. The fraction of sp³-hybridized carbons (Fsp3) is 0.214. The Kier molecular flexibility index (Phi) is 7.39. The first-order chi connectivity index (χ1) is 17.6. The van der Waals surface area contributed by atoms with Crippen molar-refractivity contribution >= 4 is 46.3 Å². The Balaban J connectivity index is 2.06. The normalized spacial score (nSPS) is 16.7. The number of methoxy groups -OCH3 is 3. The molecule has 1 atom stereocenters. The van der Waals surface area contributed by atoms with Gasteiger partial charge in [0.25, 0.3) is 11.7 Å². The number of aliphatic hydroxyl groups is 1. The summed E-state index contributed by atoms with van der Waals surface area (Å²) in [5, 5.41) is 11.7. The SMILES string of the molecule is COc1cccc(C2/C(=C(\O)c3cc(Cl)c(OC)c(Cl)c3OC)C(=O)C(=O)N2c2cc(C)ccc2C)c1. The van der Waals surface area contributed by atoms with Crippen molar-refractivity contribution < 1.29 is 28.9 Å². The number of aliphatic hydroxyl groups excluding tert-OH is 1. The third-order valence-corrected chi connectivity index (χ3v) is 6.90. The molecule has 1 heterocycles. The zero-order valence-corrected chi connectivity index (χ0v) is 22.4. The number of ether oxygens (including phenoxy) is 3. The van der Waals surface area contributed by atoms with Crippen LogP contribution in [0.1, 0.15) is 28.3 Å². The zero-order valence-electron chi connectivity index (χ0n) is 20.9. The highest BCUT2D eigenvalue weighted by Crippen LogP contribution is 2.48. The molecule has 0 aromatic heterocycles. The summed E-state index contributed by atoms with van der Waals surface area (Å²) < 4.78 is 16.1. The van der Waals surface area contributed by atoms with E-state index < -0.39 is 23.5 Å². The van der Waals surface area contributed by atoms with Crippen LogP contribution in [0.4, 0.5) is 5.69 Å². The minimum atomic E-state index is -0.972. The van der Waals surface area contributed by atoms with Gasteiger partial charge in [-0.05, 0) is 54.8 Å². The summed E-state index contributed by atoms with van der Waals surface area (Å²) in [4.78, 5) is 28.5. The number of halogens is 2. The summed E-state index contributed by atoms with van der Waals surface area (Å²) >= 11 is 12.8. The van der Waals surface area contributed by atoms with Gasteiger partial charge in [0.15, 0.2) is 11.5 Å². The minimum absolute atomic E-state index is 0.0146. The highest BCUT2D eigenvalue weighted by Gasteiger charge is 2.48. The van der Waals surface area contributed by atoms with E-state index in [4.69, 9.17) is 37.4 Å². The topological polar surface area (TPSA) is 85.3 Å². The molecule has 0 aliphatic carbocycles. The predicted octanol–water partition coefficient (Wildman–Crippen LogP) is 6.26. The Bertz CT molecular complexity index is 1450. The minimum Gasteiger partial charge on any atom is -0.507 e. The van der Waals surface area contributed by atoms with Crippen molar-refractivity contribution in [3.63, 3.8) is 0 Å². The number of aryl methyl sites for hydroxylation is 2. The van der Waals surface area contributed by atoms with E-state index in [1.165, 1.54) is 32.3 Å². The number of carbonyl (C=O) groups excluding carboxylic acids is 2. The van der Waals surface area contributed by atoms with Crippen LogP contribution in [0, 0.1) is 13.8 Å². The van der Waals surface area contributed by atoms with Crippen molar-refractivity contribution in [3.8, 4) is 17.2 Å². The van der Waals surface area contributed by atoms with Crippen LogP contribution >= 0.6 is 23.2 Å². The van der Waals surface area contributed by atoms with Crippen LogP contribution in [-0.2, 0) is 9.59 Å². The number of anilines is 1. The van der Waals surface area contributed by atoms with Gasteiger partial charge >= 0.3 is 0 Å². The van der Waals surface area contributed by atoms with Gasteiger partial charge in [0, 0.05) is 5.69 Å². The quantitative estimate of drug-likeness (QED) is 0.225. The molecule has 3 aromatic carbocycles. The van der Waals surface area contributed by atoms with E-state index in [0.717, 1.165) is 11.1 Å². The third kappa shape index (κ3) is 4.49. The maximum Gasteiger partial charge on any atom is 0.300 e. The summed E-state index contributed by atoms with van der Waals surface area (Å²) in [6.45, 7) is 3.75. The molecule has 0 radical (unpaired) electrons. The zero-order chi connectivity index (χ0) is 27.0. The standard InChI is InChI=1S/C28H25Cl2NO6/c1-14-9-10-15(2)20(11-14)31-23(16-7-6-8-17(12-16)35-3)21(25(33)28(31)34)24(32)18-13-19(29)27(37-5)22(30)26(18)36-4/h6-13,23,32H,1-5H3/b24-21+. The predicted molar refractivity (Wildman–Crippen MR) is 143 cm³/mol. The number of amides is 1. The van der Waals surface area contributed by atoms with Crippen LogP contribution in [0.3, 0.4) is 0 Å².